The van der Waals surface area contributed by atoms with Crippen LogP contribution in [-0.4, -0.2) is 26.3 Å². The van der Waals surface area contributed by atoms with Gasteiger partial charge in [-0.25, -0.2) is 9.18 Å². The molecule has 0 aliphatic carbocycles. The second-order valence-corrected chi connectivity index (χ2v) is 5.93. The number of hydrogen-bond donors (Lipinski definition) is 2. The largest absolute Gasteiger partial charge is 0.480 e. The zero-order valence-corrected chi connectivity index (χ0v) is 13.6. The highest BCUT2D eigenvalue weighted by molar-refractivity contribution is 5.78. The van der Waals surface area contributed by atoms with Crippen LogP contribution in [-0.2, 0) is 18.3 Å². The Kier molecular flexibility index (Phi) is 4.41. The van der Waals surface area contributed by atoms with Crippen LogP contribution in [0.15, 0.2) is 47.3 Å². The summed E-state index contributed by atoms with van der Waals surface area (Å²) in [5.41, 5.74) is 7.36. The van der Waals surface area contributed by atoms with Crippen LogP contribution in [0.2, 0.25) is 0 Å². The number of nitrogens with two attached hydrogens (primary N) is 1. The molecule has 3 N–H and O–H groups in total. The van der Waals surface area contributed by atoms with Crippen LogP contribution in [0.4, 0.5) is 4.39 Å². The van der Waals surface area contributed by atoms with Crippen LogP contribution in [0.25, 0.3) is 16.7 Å². The number of carboxylic acids is 1. The number of benzene rings is 2. The Labute approximate surface area is 142 Å². The molecule has 0 saturated carbocycles. The maximum Gasteiger partial charge on any atom is 0.333 e. The number of fused-ring (bicyclic) bond motifs is 1. The first-order valence-electron chi connectivity index (χ1n) is 7.84. The predicted octanol–water partition coefficient (Wildman–Crippen LogP) is 1.81. The van der Waals surface area contributed by atoms with E-state index in [4.69, 9.17) is 10.8 Å². The number of carboxylic acid groups (broad SMARTS) is 1. The van der Waals surface area contributed by atoms with Crippen molar-refractivity contribution in [2.45, 2.75) is 18.9 Å². The number of hydrogen-bond acceptors (Lipinski definition) is 3. The van der Waals surface area contributed by atoms with Gasteiger partial charge in [-0.1, -0.05) is 18.2 Å². The Hall–Kier alpha value is -2.93. The van der Waals surface area contributed by atoms with E-state index in [9.17, 15) is 14.0 Å². The predicted molar refractivity (Wildman–Crippen MR) is 92.4 cm³/mol. The first kappa shape index (κ1) is 16.9. The van der Waals surface area contributed by atoms with Crippen molar-refractivity contribution in [3.05, 3.63) is 64.3 Å². The molecule has 3 rings (SSSR count). The Morgan fingerprint density at radius 1 is 1.24 bits per heavy atom. The van der Waals surface area contributed by atoms with Crippen LogP contribution < -0.4 is 11.4 Å². The summed E-state index contributed by atoms with van der Waals surface area (Å²) in [5, 5.41) is 8.81. The van der Waals surface area contributed by atoms with E-state index >= 15 is 0 Å². The Balaban J connectivity index is 1.96. The molecule has 3 aromatic rings. The summed E-state index contributed by atoms with van der Waals surface area (Å²) in [6.45, 7) is 0. The number of nitrogens with zero attached hydrogens (tertiary/aromatic N) is 2. The van der Waals surface area contributed by atoms with Crippen LogP contribution in [0.3, 0.4) is 0 Å². The van der Waals surface area contributed by atoms with Crippen LogP contribution in [0.1, 0.15) is 12.0 Å². The summed E-state index contributed by atoms with van der Waals surface area (Å²) in [5.74, 6) is -1.50. The molecule has 0 saturated heterocycles. The number of aliphatic carboxylic acids is 1. The minimum absolute atomic E-state index is 0.232. The topological polar surface area (TPSA) is 90.3 Å². The van der Waals surface area contributed by atoms with Gasteiger partial charge in [0, 0.05) is 7.05 Å². The average molecular weight is 343 g/mol. The molecular formula is C18H18FN3O3. The number of aromatic nitrogens is 2. The quantitative estimate of drug-likeness (QED) is 0.739. The van der Waals surface area contributed by atoms with Crippen molar-refractivity contribution in [3.63, 3.8) is 0 Å². The van der Waals surface area contributed by atoms with E-state index in [1.807, 2.05) is 0 Å². The molecule has 130 valence electrons. The van der Waals surface area contributed by atoms with E-state index in [1.54, 1.807) is 43.4 Å². The van der Waals surface area contributed by atoms with Crippen molar-refractivity contribution in [2.75, 3.05) is 0 Å². The molecule has 0 radical (unpaired) electrons. The lowest BCUT2D eigenvalue weighted by molar-refractivity contribution is -0.138. The standard InChI is InChI=1S/C18H18FN3O3/c1-21-15-4-2-3-13(19)16(15)22(18(21)25)12-8-5-11(6-9-12)7-10-14(20)17(23)24/h2-6,8-9,14H,7,10,20H2,1H3,(H,23,24)/t14-/m0/s1. The van der Waals surface area contributed by atoms with Crippen molar-refractivity contribution in [1.82, 2.24) is 9.13 Å². The van der Waals surface area contributed by atoms with Gasteiger partial charge in [-0.3, -0.25) is 13.9 Å². The average Bonchev–Trinajstić information content (AvgIpc) is 2.86. The first-order valence-corrected chi connectivity index (χ1v) is 7.84. The lowest BCUT2D eigenvalue weighted by Crippen LogP contribution is -2.30. The maximum atomic E-state index is 14.2. The van der Waals surface area contributed by atoms with Gasteiger partial charge in [-0.2, -0.15) is 0 Å². The first-order chi connectivity index (χ1) is 11.9. The van der Waals surface area contributed by atoms with Crippen LogP contribution >= 0.6 is 0 Å². The molecule has 2 aromatic carbocycles. The molecule has 1 atom stereocenters. The highest BCUT2D eigenvalue weighted by Gasteiger charge is 2.16. The molecule has 0 amide bonds. The number of imidazole rings is 1. The molecule has 1 aromatic heterocycles. The van der Waals surface area contributed by atoms with E-state index in [2.05, 4.69) is 0 Å². The second kappa shape index (κ2) is 6.52. The SMILES string of the molecule is Cn1c(=O)n(-c2ccc(CC[C@H](N)C(=O)O)cc2)c2c(F)cccc21. The monoisotopic (exact) mass is 343 g/mol. The summed E-state index contributed by atoms with van der Waals surface area (Å²) in [6.07, 6.45) is 0.823. The lowest BCUT2D eigenvalue weighted by atomic mass is 10.1. The summed E-state index contributed by atoms with van der Waals surface area (Å²) in [7, 11) is 1.60. The third-order valence-corrected chi connectivity index (χ3v) is 4.28. The fourth-order valence-electron chi connectivity index (χ4n) is 2.84. The molecule has 0 bridgehead atoms. The number of halogens is 1. The third kappa shape index (κ3) is 3.06. The van der Waals surface area contributed by atoms with Gasteiger partial charge >= 0.3 is 11.7 Å². The van der Waals surface area contributed by atoms with Crippen molar-refractivity contribution < 1.29 is 14.3 Å². The minimum atomic E-state index is -1.03. The summed E-state index contributed by atoms with van der Waals surface area (Å²) < 4.78 is 17.0. The fourth-order valence-corrected chi connectivity index (χ4v) is 2.84. The number of para-hydroxylation sites is 1. The summed E-state index contributed by atoms with van der Waals surface area (Å²) in [4.78, 5) is 23.2. The number of aryl methyl sites for hydroxylation is 2. The molecule has 0 spiro atoms. The van der Waals surface area contributed by atoms with E-state index in [0.29, 0.717) is 24.0 Å². The molecule has 0 unspecified atom stereocenters. The second-order valence-electron chi connectivity index (χ2n) is 5.93. The minimum Gasteiger partial charge on any atom is -0.480 e. The highest BCUT2D eigenvalue weighted by Crippen LogP contribution is 2.20. The van der Waals surface area contributed by atoms with E-state index < -0.39 is 17.8 Å². The normalized spacial score (nSPS) is 12.4. The summed E-state index contributed by atoms with van der Waals surface area (Å²) in [6, 6.07) is 10.7. The molecule has 6 nitrogen and oxygen atoms in total. The Morgan fingerprint density at radius 3 is 2.56 bits per heavy atom. The van der Waals surface area contributed by atoms with Crippen LogP contribution in [0.5, 0.6) is 0 Å². The lowest BCUT2D eigenvalue weighted by Gasteiger charge is -2.08. The Morgan fingerprint density at radius 2 is 1.92 bits per heavy atom. The van der Waals surface area contributed by atoms with Gasteiger partial charge in [0.1, 0.15) is 17.4 Å². The zero-order valence-electron chi connectivity index (χ0n) is 13.6. The van der Waals surface area contributed by atoms with Crippen molar-refractivity contribution >= 4 is 17.0 Å². The molecule has 0 aliphatic rings. The maximum absolute atomic E-state index is 14.2. The van der Waals surface area contributed by atoms with Crippen molar-refractivity contribution in [1.29, 1.82) is 0 Å². The highest BCUT2D eigenvalue weighted by atomic mass is 19.1. The van der Waals surface area contributed by atoms with Gasteiger partial charge in [0.2, 0.25) is 0 Å². The van der Waals surface area contributed by atoms with Crippen LogP contribution in [0, 0.1) is 5.82 Å². The molecule has 1 heterocycles. The van der Waals surface area contributed by atoms with Crippen molar-refractivity contribution in [3.8, 4) is 5.69 Å². The van der Waals surface area contributed by atoms with Gasteiger partial charge in [0.25, 0.3) is 0 Å². The van der Waals surface area contributed by atoms with Crippen molar-refractivity contribution in [2.24, 2.45) is 12.8 Å². The Bertz CT molecular complexity index is 989. The van der Waals surface area contributed by atoms with Gasteiger partial charge < -0.3 is 10.8 Å². The molecule has 0 aliphatic heterocycles. The smallest absolute Gasteiger partial charge is 0.333 e. The van der Waals surface area contributed by atoms with E-state index in [-0.39, 0.29) is 11.2 Å². The molecule has 25 heavy (non-hydrogen) atoms. The number of carbonyl (C=O) groups is 1. The fraction of sp³-hybridized carbons (Fsp3) is 0.222. The van der Waals surface area contributed by atoms with Gasteiger partial charge in [-0.15, -0.1) is 0 Å². The van der Waals surface area contributed by atoms with Gasteiger partial charge in [0.15, 0.2) is 0 Å². The van der Waals surface area contributed by atoms with E-state index in [0.717, 1.165) is 5.56 Å². The van der Waals surface area contributed by atoms with Gasteiger partial charge in [-0.05, 0) is 42.7 Å². The number of rotatable bonds is 5. The van der Waals surface area contributed by atoms with E-state index in [1.165, 1.54) is 15.2 Å². The van der Waals surface area contributed by atoms with Gasteiger partial charge in [0.05, 0.1) is 11.2 Å². The molecule has 7 heteroatoms. The third-order valence-electron chi connectivity index (χ3n) is 4.28. The molecular weight excluding hydrogens is 325 g/mol. The zero-order chi connectivity index (χ0) is 18.1. The summed E-state index contributed by atoms with van der Waals surface area (Å²) >= 11 is 0. The molecule has 0 fully saturated rings.